The summed E-state index contributed by atoms with van der Waals surface area (Å²) in [5, 5.41) is 0. The molecule has 1 saturated heterocycles. The summed E-state index contributed by atoms with van der Waals surface area (Å²) in [6.45, 7) is 8.36. The number of carbonyl (C=O) groups excluding carboxylic acids is 1. The smallest absolute Gasteiger partial charge is 0.254 e. The van der Waals surface area contributed by atoms with Crippen molar-refractivity contribution in [3.63, 3.8) is 0 Å². The monoisotopic (exact) mass is 232 g/mol. The molecule has 1 aliphatic heterocycles. The van der Waals surface area contributed by atoms with Gasteiger partial charge in [-0.05, 0) is 38.4 Å². The molecule has 1 heterocycles. The highest BCUT2D eigenvalue weighted by Gasteiger charge is 2.31. The first-order valence-electron chi connectivity index (χ1n) is 6.10. The first-order chi connectivity index (χ1) is 8.02. The van der Waals surface area contributed by atoms with E-state index in [1.807, 2.05) is 18.7 Å². The Labute approximate surface area is 103 Å². The molecule has 1 aliphatic rings. The number of hydrogen-bond acceptors (Lipinski definition) is 2. The Morgan fingerprint density at radius 3 is 2.29 bits per heavy atom. The van der Waals surface area contributed by atoms with E-state index in [1.165, 1.54) is 5.56 Å². The molecule has 1 amide bonds. The summed E-state index contributed by atoms with van der Waals surface area (Å²) in [4.78, 5) is 14.2. The lowest BCUT2D eigenvalue weighted by Crippen LogP contribution is -2.52. The second-order valence-electron chi connectivity index (χ2n) is 5.09. The molecule has 1 aromatic rings. The van der Waals surface area contributed by atoms with Gasteiger partial charge < -0.3 is 10.6 Å². The third kappa shape index (κ3) is 2.20. The molecule has 3 nitrogen and oxygen atoms in total. The quantitative estimate of drug-likeness (QED) is 0.842. The highest BCUT2D eigenvalue weighted by molar-refractivity contribution is 5.97. The van der Waals surface area contributed by atoms with Gasteiger partial charge in [0.2, 0.25) is 0 Å². The lowest BCUT2D eigenvalue weighted by Gasteiger charge is -2.39. The van der Waals surface area contributed by atoms with Gasteiger partial charge in [0.15, 0.2) is 0 Å². The Balaban J connectivity index is 2.21. The molecule has 0 saturated carbocycles. The summed E-state index contributed by atoms with van der Waals surface area (Å²) >= 11 is 0. The second kappa shape index (κ2) is 4.49. The van der Waals surface area contributed by atoms with Gasteiger partial charge in [0.05, 0.1) is 0 Å². The minimum absolute atomic E-state index is 0.157. The summed E-state index contributed by atoms with van der Waals surface area (Å²) in [5.41, 5.74) is 9.80. The van der Waals surface area contributed by atoms with E-state index in [1.54, 1.807) is 0 Å². The Morgan fingerprint density at radius 2 is 1.82 bits per heavy atom. The topological polar surface area (TPSA) is 46.3 Å². The van der Waals surface area contributed by atoms with E-state index in [9.17, 15) is 4.79 Å². The highest BCUT2D eigenvalue weighted by Crippen LogP contribution is 2.23. The molecule has 0 atom stereocenters. The molecule has 0 spiro atoms. The van der Waals surface area contributed by atoms with E-state index < -0.39 is 0 Å². The van der Waals surface area contributed by atoms with E-state index >= 15 is 0 Å². The number of rotatable bonds is 2. The Morgan fingerprint density at radius 1 is 1.29 bits per heavy atom. The van der Waals surface area contributed by atoms with Crippen molar-refractivity contribution in [1.29, 1.82) is 0 Å². The number of nitrogens with two attached hydrogens (primary N) is 1. The van der Waals surface area contributed by atoms with Gasteiger partial charge in [-0.25, -0.2) is 0 Å². The SMILES string of the molecule is Cc1cc(C)c(C(=O)N2CC(CN)C2)c(C)c1. The fraction of sp³-hybridized carbons (Fsp3) is 0.500. The van der Waals surface area contributed by atoms with Crippen molar-refractivity contribution in [3.8, 4) is 0 Å². The van der Waals surface area contributed by atoms with Crippen LogP contribution in [-0.2, 0) is 0 Å². The summed E-state index contributed by atoms with van der Waals surface area (Å²) < 4.78 is 0. The summed E-state index contributed by atoms with van der Waals surface area (Å²) in [6.07, 6.45) is 0. The molecule has 0 bridgehead atoms. The van der Waals surface area contributed by atoms with Crippen molar-refractivity contribution in [2.45, 2.75) is 20.8 Å². The van der Waals surface area contributed by atoms with Gasteiger partial charge in [0, 0.05) is 24.6 Å². The van der Waals surface area contributed by atoms with Crippen LogP contribution in [0.15, 0.2) is 12.1 Å². The first-order valence-corrected chi connectivity index (χ1v) is 6.10. The van der Waals surface area contributed by atoms with E-state index in [2.05, 4.69) is 19.1 Å². The number of hydrogen-bond donors (Lipinski definition) is 1. The molecule has 0 aromatic heterocycles. The van der Waals surface area contributed by atoms with Gasteiger partial charge in [-0.2, -0.15) is 0 Å². The number of carbonyl (C=O) groups is 1. The molecule has 2 N–H and O–H groups in total. The zero-order valence-corrected chi connectivity index (χ0v) is 10.8. The fourth-order valence-corrected chi connectivity index (χ4v) is 2.56. The molecule has 1 aromatic carbocycles. The zero-order valence-electron chi connectivity index (χ0n) is 10.8. The number of amides is 1. The predicted molar refractivity (Wildman–Crippen MR) is 69.1 cm³/mol. The van der Waals surface area contributed by atoms with Crippen LogP contribution in [0.3, 0.4) is 0 Å². The lowest BCUT2D eigenvalue weighted by atomic mass is 9.94. The van der Waals surface area contributed by atoms with Gasteiger partial charge in [-0.15, -0.1) is 0 Å². The minimum Gasteiger partial charge on any atom is -0.338 e. The van der Waals surface area contributed by atoms with Crippen molar-refractivity contribution in [2.75, 3.05) is 19.6 Å². The lowest BCUT2D eigenvalue weighted by molar-refractivity contribution is 0.0514. The Bertz CT molecular complexity index is 425. The van der Waals surface area contributed by atoms with Crippen LogP contribution >= 0.6 is 0 Å². The molecular weight excluding hydrogens is 212 g/mol. The van der Waals surface area contributed by atoms with Crippen molar-refractivity contribution < 1.29 is 4.79 Å². The minimum atomic E-state index is 0.157. The molecule has 2 rings (SSSR count). The number of benzene rings is 1. The van der Waals surface area contributed by atoms with Crippen molar-refractivity contribution in [3.05, 3.63) is 34.4 Å². The predicted octanol–water partition coefficient (Wildman–Crippen LogP) is 1.64. The van der Waals surface area contributed by atoms with E-state index in [-0.39, 0.29) is 5.91 Å². The second-order valence-corrected chi connectivity index (χ2v) is 5.09. The fourth-order valence-electron chi connectivity index (χ4n) is 2.56. The number of aryl methyl sites for hydroxylation is 3. The maximum atomic E-state index is 12.3. The van der Waals surface area contributed by atoms with Crippen LogP contribution in [0.25, 0.3) is 0 Å². The van der Waals surface area contributed by atoms with E-state index in [0.29, 0.717) is 12.5 Å². The third-order valence-electron chi connectivity index (χ3n) is 3.47. The van der Waals surface area contributed by atoms with Crippen LogP contribution in [0.4, 0.5) is 0 Å². The zero-order chi connectivity index (χ0) is 12.6. The average molecular weight is 232 g/mol. The van der Waals surface area contributed by atoms with Gasteiger partial charge in [0.25, 0.3) is 5.91 Å². The molecular formula is C14H20N2O. The standard InChI is InChI=1S/C14H20N2O/c1-9-4-10(2)13(11(3)5-9)14(17)16-7-12(6-15)8-16/h4-5,12H,6-8,15H2,1-3H3. The summed E-state index contributed by atoms with van der Waals surface area (Å²) in [6, 6.07) is 4.14. The highest BCUT2D eigenvalue weighted by atomic mass is 16.2. The molecule has 17 heavy (non-hydrogen) atoms. The van der Waals surface area contributed by atoms with Gasteiger partial charge >= 0.3 is 0 Å². The Kier molecular flexibility index (Phi) is 3.20. The molecule has 3 heteroatoms. The van der Waals surface area contributed by atoms with Crippen LogP contribution < -0.4 is 5.73 Å². The van der Waals surface area contributed by atoms with E-state index in [0.717, 1.165) is 29.8 Å². The molecule has 1 fully saturated rings. The molecule has 0 aliphatic carbocycles. The van der Waals surface area contributed by atoms with Gasteiger partial charge in [0.1, 0.15) is 0 Å². The first kappa shape index (κ1) is 12.1. The van der Waals surface area contributed by atoms with Gasteiger partial charge in [-0.3, -0.25) is 4.79 Å². The molecule has 0 unspecified atom stereocenters. The Hall–Kier alpha value is -1.35. The third-order valence-corrected chi connectivity index (χ3v) is 3.47. The molecule has 0 radical (unpaired) electrons. The van der Waals surface area contributed by atoms with Crippen molar-refractivity contribution >= 4 is 5.91 Å². The van der Waals surface area contributed by atoms with Crippen LogP contribution in [0.5, 0.6) is 0 Å². The summed E-state index contributed by atoms with van der Waals surface area (Å²) in [5.74, 6) is 0.648. The van der Waals surface area contributed by atoms with Crippen LogP contribution in [0.1, 0.15) is 27.0 Å². The summed E-state index contributed by atoms with van der Waals surface area (Å²) in [7, 11) is 0. The maximum Gasteiger partial charge on any atom is 0.254 e. The van der Waals surface area contributed by atoms with Crippen LogP contribution in [0.2, 0.25) is 0 Å². The van der Waals surface area contributed by atoms with Gasteiger partial charge in [-0.1, -0.05) is 17.7 Å². The van der Waals surface area contributed by atoms with E-state index in [4.69, 9.17) is 5.73 Å². The molecule has 92 valence electrons. The number of likely N-dealkylation sites (tertiary alicyclic amines) is 1. The number of nitrogens with zero attached hydrogens (tertiary/aromatic N) is 1. The van der Waals surface area contributed by atoms with Crippen LogP contribution in [0, 0.1) is 26.7 Å². The largest absolute Gasteiger partial charge is 0.338 e. The van der Waals surface area contributed by atoms with Crippen molar-refractivity contribution in [2.24, 2.45) is 11.7 Å². The van der Waals surface area contributed by atoms with Crippen molar-refractivity contribution in [1.82, 2.24) is 4.90 Å². The maximum absolute atomic E-state index is 12.3. The average Bonchev–Trinajstić information content (AvgIpc) is 2.13. The normalized spacial score (nSPS) is 15.9. The van der Waals surface area contributed by atoms with Crippen LogP contribution in [-0.4, -0.2) is 30.4 Å².